The summed E-state index contributed by atoms with van der Waals surface area (Å²) in [7, 11) is 0. The van der Waals surface area contributed by atoms with Gasteiger partial charge in [-0.05, 0) is 31.0 Å². The molecule has 0 amide bonds. The van der Waals surface area contributed by atoms with Crippen molar-refractivity contribution in [3.05, 3.63) is 29.8 Å². The minimum absolute atomic E-state index is 0.379. The van der Waals surface area contributed by atoms with Crippen LogP contribution in [0.2, 0.25) is 0 Å². The van der Waals surface area contributed by atoms with Crippen molar-refractivity contribution in [1.29, 1.82) is 0 Å². The van der Waals surface area contributed by atoms with E-state index in [9.17, 15) is 0 Å². The Morgan fingerprint density at radius 2 is 2.10 bits per heavy atom. The fourth-order valence-corrected chi connectivity index (χ4v) is 2.99. The van der Waals surface area contributed by atoms with Crippen molar-refractivity contribution in [2.75, 3.05) is 32.8 Å². The maximum Gasteiger partial charge on any atom is 0.120 e. The predicted octanol–water partition coefficient (Wildman–Crippen LogP) is 1.24. The van der Waals surface area contributed by atoms with E-state index in [2.05, 4.69) is 16.7 Å². The topological polar surface area (TPSA) is 47.7 Å². The van der Waals surface area contributed by atoms with Crippen molar-refractivity contribution in [1.82, 2.24) is 4.90 Å². The number of benzene rings is 1. The van der Waals surface area contributed by atoms with Gasteiger partial charge in [-0.3, -0.25) is 4.90 Å². The summed E-state index contributed by atoms with van der Waals surface area (Å²) < 4.78 is 11.7. The van der Waals surface area contributed by atoms with Crippen molar-refractivity contribution < 1.29 is 9.47 Å². The first-order chi connectivity index (χ1) is 10.3. The zero-order chi connectivity index (χ0) is 14.5. The lowest BCUT2D eigenvalue weighted by Gasteiger charge is -2.31. The largest absolute Gasteiger partial charge is 0.492 e. The molecule has 0 spiro atoms. The molecule has 3 rings (SSSR count). The molecule has 0 radical (unpaired) electrons. The third kappa shape index (κ3) is 3.98. The molecular weight excluding hydrogens is 264 g/mol. The summed E-state index contributed by atoms with van der Waals surface area (Å²) in [6.45, 7) is 4.12. The Labute approximate surface area is 126 Å². The molecule has 21 heavy (non-hydrogen) atoms. The van der Waals surface area contributed by atoms with Gasteiger partial charge in [0.1, 0.15) is 12.4 Å². The maximum absolute atomic E-state index is 5.84. The molecule has 1 aromatic carbocycles. The average molecular weight is 286 g/mol. The second-order valence-corrected chi connectivity index (χ2v) is 5.60. The lowest BCUT2D eigenvalue weighted by Crippen LogP contribution is -2.44. The van der Waals surface area contributed by atoms with Crippen LogP contribution in [0.1, 0.15) is 18.4 Å². The highest BCUT2D eigenvalue weighted by Crippen LogP contribution is 2.25. The molecule has 2 N–H and O–H groups in total. The Hall–Kier alpha value is -1.54. The number of morpholine rings is 1. The third-order valence-electron chi connectivity index (χ3n) is 3.96. The standard InChI is InChI=1S/C17H22N2O2/c18-8-2-4-14-3-1-5-15(11-14)20-10-9-19-12-16-6-7-17(13-19)21-16/h1,3,5,11,16-17H,6-10,12-13,18H2. The lowest BCUT2D eigenvalue weighted by molar-refractivity contribution is -0.0408. The minimum Gasteiger partial charge on any atom is -0.492 e. The van der Waals surface area contributed by atoms with Gasteiger partial charge in [-0.25, -0.2) is 0 Å². The van der Waals surface area contributed by atoms with E-state index >= 15 is 0 Å². The molecule has 0 aliphatic carbocycles. The molecule has 2 bridgehead atoms. The molecule has 1 aromatic rings. The van der Waals surface area contributed by atoms with Gasteiger partial charge in [0.2, 0.25) is 0 Å². The van der Waals surface area contributed by atoms with Gasteiger partial charge in [-0.15, -0.1) is 0 Å². The molecule has 2 atom stereocenters. The van der Waals surface area contributed by atoms with Crippen LogP contribution in [-0.4, -0.2) is 49.9 Å². The highest BCUT2D eigenvalue weighted by molar-refractivity contribution is 5.39. The third-order valence-corrected chi connectivity index (χ3v) is 3.96. The van der Waals surface area contributed by atoms with Gasteiger partial charge in [-0.1, -0.05) is 17.9 Å². The van der Waals surface area contributed by atoms with Gasteiger partial charge in [-0.2, -0.15) is 0 Å². The van der Waals surface area contributed by atoms with E-state index < -0.39 is 0 Å². The van der Waals surface area contributed by atoms with E-state index in [1.807, 2.05) is 24.3 Å². The zero-order valence-corrected chi connectivity index (χ0v) is 12.3. The van der Waals surface area contributed by atoms with E-state index in [0.717, 1.165) is 30.9 Å². The molecule has 2 unspecified atom stereocenters. The quantitative estimate of drug-likeness (QED) is 0.846. The fourth-order valence-electron chi connectivity index (χ4n) is 2.99. The van der Waals surface area contributed by atoms with Crippen LogP contribution < -0.4 is 10.5 Å². The molecule has 0 aromatic heterocycles. The van der Waals surface area contributed by atoms with Crippen molar-refractivity contribution >= 4 is 0 Å². The van der Waals surface area contributed by atoms with Crippen molar-refractivity contribution in [3.63, 3.8) is 0 Å². The molecule has 2 saturated heterocycles. The number of rotatable bonds is 4. The zero-order valence-electron chi connectivity index (χ0n) is 12.3. The molecule has 4 nitrogen and oxygen atoms in total. The molecule has 0 saturated carbocycles. The Kier molecular flexibility index (Phi) is 4.76. The van der Waals surface area contributed by atoms with Gasteiger partial charge in [0.05, 0.1) is 18.8 Å². The summed E-state index contributed by atoms with van der Waals surface area (Å²) in [5, 5.41) is 0. The first kappa shape index (κ1) is 14.4. The SMILES string of the molecule is NCC#Cc1cccc(OCCN2CC3CCC(C2)O3)c1. The van der Waals surface area contributed by atoms with Crippen LogP contribution in [0.3, 0.4) is 0 Å². The number of nitrogens with zero attached hydrogens (tertiary/aromatic N) is 1. The van der Waals surface area contributed by atoms with Crippen LogP contribution >= 0.6 is 0 Å². The molecule has 112 valence electrons. The van der Waals surface area contributed by atoms with E-state index in [-0.39, 0.29) is 0 Å². The lowest BCUT2D eigenvalue weighted by atomic mass is 10.2. The second kappa shape index (κ2) is 6.95. The van der Waals surface area contributed by atoms with E-state index in [1.165, 1.54) is 12.8 Å². The number of fused-ring (bicyclic) bond motifs is 2. The Morgan fingerprint density at radius 1 is 1.29 bits per heavy atom. The van der Waals surface area contributed by atoms with Crippen LogP contribution in [0.25, 0.3) is 0 Å². The Bertz CT molecular complexity index is 523. The van der Waals surface area contributed by atoms with E-state index in [0.29, 0.717) is 25.4 Å². The van der Waals surface area contributed by atoms with Gasteiger partial charge < -0.3 is 15.2 Å². The van der Waals surface area contributed by atoms with E-state index in [4.69, 9.17) is 15.2 Å². The fraction of sp³-hybridized carbons (Fsp3) is 0.529. The smallest absolute Gasteiger partial charge is 0.120 e. The normalized spacial score (nSPS) is 24.4. The first-order valence-electron chi connectivity index (χ1n) is 7.63. The monoisotopic (exact) mass is 286 g/mol. The molecular formula is C17H22N2O2. The maximum atomic E-state index is 5.84. The van der Waals surface area contributed by atoms with Crippen LogP contribution in [0, 0.1) is 11.8 Å². The van der Waals surface area contributed by atoms with E-state index in [1.54, 1.807) is 0 Å². The van der Waals surface area contributed by atoms with Gasteiger partial charge in [0.15, 0.2) is 0 Å². The van der Waals surface area contributed by atoms with Crippen molar-refractivity contribution in [2.24, 2.45) is 5.73 Å². The highest BCUT2D eigenvalue weighted by atomic mass is 16.5. The first-order valence-corrected chi connectivity index (χ1v) is 7.63. The Balaban J connectivity index is 1.47. The molecule has 2 aliphatic rings. The molecule has 2 heterocycles. The number of likely N-dealkylation sites (tertiary alicyclic amines) is 1. The predicted molar refractivity (Wildman–Crippen MR) is 82.2 cm³/mol. The highest BCUT2D eigenvalue weighted by Gasteiger charge is 2.33. The van der Waals surface area contributed by atoms with Gasteiger partial charge in [0.25, 0.3) is 0 Å². The number of nitrogens with two attached hydrogens (primary N) is 1. The van der Waals surface area contributed by atoms with Crippen LogP contribution in [-0.2, 0) is 4.74 Å². The van der Waals surface area contributed by atoms with Crippen LogP contribution in [0.5, 0.6) is 5.75 Å². The molecule has 2 aliphatic heterocycles. The number of hydrogen-bond acceptors (Lipinski definition) is 4. The van der Waals surface area contributed by atoms with Crippen molar-refractivity contribution in [2.45, 2.75) is 25.0 Å². The van der Waals surface area contributed by atoms with Crippen LogP contribution in [0.15, 0.2) is 24.3 Å². The second-order valence-electron chi connectivity index (χ2n) is 5.60. The summed E-state index contributed by atoms with van der Waals surface area (Å²) in [5.41, 5.74) is 6.33. The number of hydrogen-bond donors (Lipinski definition) is 1. The summed E-state index contributed by atoms with van der Waals surface area (Å²) in [6.07, 6.45) is 3.31. The minimum atomic E-state index is 0.379. The summed E-state index contributed by atoms with van der Waals surface area (Å²) in [6, 6.07) is 7.86. The summed E-state index contributed by atoms with van der Waals surface area (Å²) in [5.74, 6) is 6.75. The molecule has 2 fully saturated rings. The van der Waals surface area contributed by atoms with Crippen LogP contribution in [0.4, 0.5) is 0 Å². The Morgan fingerprint density at radius 3 is 2.86 bits per heavy atom. The summed E-state index contributed by atoms with van der Waals surface area (Å²) in [4.78, 5) is 2.45. The number of ether oxygens (including phenoxy) is 2. The molecule has 4 heteroatoms. The van der Waals surface area contributed by atoms with Crippen molar-refractivity contribution in [3.8, 4) is 17.6 Å². The van der Waals surface area contributed by atoms with Gasteiger partial charge in [0, 0.05) is 25.2 Å². The van der Waals surface area contributed by atoms with Gasteiger partial charge >= 0.3 is 0 Å². The average Bonchev–Trinajstić information content (AvgIpc) is 2.84. The summed E-state index contributed by atoms with van der Waals surface area (Å²) >= 11 is 0.